The van der Waals surface area contributed by atoms with Gasteiger partial charge in [-0.1, -0.05) is 47.0 Å². The second-order valence-electron chi connectivity index (χ2n) is 5.84. The van der Waals surface area contributed by atoms with Gasteiger partial charge in [-0.25, -0.2) is 0 Å². The Hall–Kier alpha value is -0.560. The molecule has 0 aliphatic rings. The van der Waals surface area contributed by atoms with Gasteiger partial charge in [0.25, 0.3) is 0 Å². The summed E-state index contributed by atoms with van der Waals surface area (Å²) in [5.41, 5.74) is 2.74. The van der Waals surface area contributed by atoms with Crippen LogP contribution < -0.4 is 5.32 Å². The predicted molar refractivity (Wildman–Crippen MR) is 93.6 cm³/mol. The molecule has 0 aliphatic heterocycles. The van der Waals surface area contributed by atoms with E-state index >= 15 is 0 Å². The van der Waals surface area contributed by atoms with E-state index in [0.29, 0.717) is 0 Å². The van der Waals surface area contributed by atoms with Crippen molar-refractivity contribution in [1.29, 1.82) is 0 Å². The third-order valence-electron chi connectivity index (χ3n) is 2.82. The summed E-state index contributed by atoms with van der Waals surface area (Å²) in [5.74, 6) is 0. The summed E-state index contributed by atoms with van der Waals surface area (Å²) in [7, 11) is 0. The first kappa shape index (κ1) is 16.8. The third kappa shape index (κ3) is 5.29. The fourth-order valence-electron chi connectivity index (χ4n) is 1.72. The van der Waals surface area contributed by atoms with Gasteiger partial charge >= 0.3 is 0 Å². The first-order chi connectivity index (χ1) is 9.87. The number of rotatable bonds is 5. The molecule has 0 aliphatic carbocycles. The van der Waals surface area contributed by atoms with Crippen molar-refractivity contribution < 1.29 is 0 Å². The van der Waals surface area contributed by atoms with Crippen LogP contribution in [0.2, 0.25) is 0 Å². The number of hydrogen-bond donors (Lipinski definition) is 1. The molecule has 0 saturated heterocycles. The van der Waals surface area contributed by atoms with Gasteiger partial charge in [0.05, 0.1) is 0 Å². The van der Waals surface area contributed by atoms with Crippen LogP contribution in [0, 0.1) is 6.92 Å². The number of nitrogens with one attached hydrogen (secondary N) is 1. The minimum Gasteiger partial charge on any atom is -0.308 e. The molecule has 1 aromatic heterocycles. The quantitative estimate of drug-likeness (QED) is 0.805. The Kier molecular flexibility index (Phi) is 5.71. The SMILES string of the molecule is CSc1nnc(Sc2ccc(CNC(C)(C)C)cc2C)s1. The topological polar surface area (TPSA) is 37.8 Å². The normalized spacial score (nSPS) is 11.9. The standard InChI is InChI=1S/C15H21N3S3/c1-10-8-11(9-16-15(2,3)4)6-7-12(10)20-14-18-17-13(19-5)21-14/h6-8,16H,9H2,1-5H3. The van der Waals surface area contributed by atoms with Crippen LogP contribution in [0.1, 0.15) is 31.9 Å². The highest BCUT2D eigenvalue weighted by Gasteiger charge is 2.10. The highest BCUT2D eigenvalue weighted by molar-refractivity contribution is 8.03. The fraction of sp³-hybridized carbons (Fsp3) is 0.467. The first-order valence-electron chi connectivity index (χ1n) is 6.77. The molecule has 6 heteroatoms. The average Bonchev–Trinajstić information content (AvgIpc) is 2.86. The molecule has 0 atom stereocenters. The van der Waals surface area contributed by atoms with Crippen molar-refractivity contribution in [3.63, 3.8) is 0 Å². The van der Waals surface area contributed by atoms with E-state index in [1.54, 1.807) is 34.9 Å². The summed E-state index contributed by atoms with van der Waals surface area (Å²) in [6, 6.07) is 6.61. The number of aromatic nitrogens is 2. The van der Waals surface area contributed by atoms with Gasteiger partial charge in [-0.15, -0.1) is 10.2 Å². The van der Waals surface area contributed by atoms with Crippen LogP contribution in [-0.2, 0) is 6.54 Å². The lowest BCUT2D eigenvalue weighted by Gasteiger charge is -2.20. The lowest BCUT2D eigenvalue weighted by Crippen LogP contribution is -2.35. The molecule has 0 fully saturated rings. The highest BCUT2D eigenvalue weighted by Crippen LogP contribution is 2.34. The van der Waals surface area contributed by atoms with E-state index in [1.165, 1.54) is 16.0 Å². The van der Waals surface area contributed by atoms with E-state index in [0.717, 1.165) is 15.2 Å². The number of benzene rings is 1. The van der Waals surface area contributed by atoms with Gasteiger partial charge in [0, 0.05) is 17.0 Å². The summed E-state index contributed by atoms with van der Waals surface area (Å²) in [5, 5.41) is 11.9. The summed E-state index contributed by atoms with van der Waals surface area (Å²) < 4.78 is 2.02. The minimum atomic E-state index is 0.141. The molecule has 0 spiro atoms. The van der Waals surface area contributed by atoms with Crippen molar-refractivity contribution in [3.05, 3.63) is 29.3 Å². The Labute approximate surface area is 139 Å². The van der Waals surface area contributed by atoms with E-state index in [1.807, 2.05) is 6.26 Å². The third-order valence-corrected chi connectivity index (χ3v) is 5.95. The molecule has 0 saturated carbocycles. The van der Waals surface area contributed by atoms with Crippen molar-refractivity contribution in [2.45, 2.75) is 53.4 Å². The van der Waals surface area contributed by atoms with Crippen molar-refractivity contribution in [3.8, 4) is 0 Å². The Morgan fingerprint density at radius 1 is 1.19 bits per heavy atom. The van der Waals surface area contributed by atoms with Gasteiger partial charge in [-0.3, -0.25) is 0 Å². The zero-order valence-corrected chi connectivity index (χ0v) is 15.5. The molecule has 21 heavy (non-hydrogen) atoms. The number of aryl methyl sites for hydroxylation is 1. The second-order valence-corrected chi connectivity index (χ2v) is 9.16. The summed E-state index contributed by atoms with van der Waals surface area (Å²) in [6.07, 6.45) is 2.03. The number of hydrogen-bond acceptors (Lipinski definition) is 6. The summed E-state index contributed by atoms with van der Waals surface area (Å²) in [4.78, 5) is 1.25. The molecule has 0 amide bonds. The van der Waals surface area contributed by atoms with Crippen LogP contribution in [0.25, 0.3) is 0 Å². The summed E-state index contributed by atoms with van der Waals surface area (Å²) >= 11 is 4.98. The van der Waals surface area contributed by atoms with Gasteiger partial charge in [-0.05, 0) is 51.1 Å². The molecule has 3 nitrogen and oxygen atoms in total. The van der Waals surface area contributed by atoms with E-state index in [-0.39, 0.29) is 5.54 Å². The lowest BCUT2D eigenvalue weighted by atomic mass is 10.1. The molecule has 0 unspecified atom stereocenters. The maximum absolute atomic E-state index is 4.21. The molecular formula is C15H21N3S3. The molecule has 0 radical (unpaired) electrons. The van der Waals surface area contributed by atoms with Gasteiger partial charge in [-0.2, -0.15) is 0 Å². The van der Waals surface area contributed by atoms with Crippen LogP contribution in [0.3, 0.4) is 0 Å². The molecule has 2 rings (SSSR count). The Bertz CT molecular complexity index is 602. The maximum Gasteiger partial charge on any atom is 0.179 e. The predicted octanol–water partition coefficient (Wildman–Crippen LogP) is 4.61. The molecule has 1 heterocycles. The maximum atomic E-state index is 4.21. The van der Waals surface area contributed by atoms with Crippen molar-refractivity contribution in [2.24, 2.45) is 0 Å². The van der Waals surface area contributed by atoms with Gasteiger partial charge < -0.3 is 5.32 Å². The molecule has 0 bridgehead atoms. The summed E-state index contributed by atoms with van der Waals surface area (Å²) in [6.45, 7) is 9.60. The average molecular weight is 340 g/mol. The van der Waals surface area contributed by atoms with Crippen LogP contribution in [0.4, 0.5) is 0 Å². The van der Waals surface area contributed by atoms with E-state index in [4.69, 9.17) is 0 Å². The Morgan fingerprint density at radius 2 is 1.90 bits per heavy atom. The van der Waals surface area contributed by atoms with Crippen LogP contribution in [-0.4, -0.2) is 22.0 Å². The lowest BCUT2D eigenvalue weighted by molar-refractivity contribution is 0.424. The van der Waals surface area contributed by atoms with Crippen LogP contribution in [0.15, 0.2) is 31.8 Å². The van der Waals surface area contributed by atoms with Crippen molar-refractivity contribution in [1.82, 2.24) is 15.5 Å². The zero-order chi connectivity index (χ0) is 15.5. The minimum absolute atomic E-state index is 0.141. The van der Waals surface area contributed by atoms with Crippen LogP contribution >= 0.6 is 34.9 Å². The molecule has 1 N–H and O–H groups in total. The van der Waals surface area contributed by atoms with Crippen molar-refractivity contribution >= 4 is 34.9 Å². The number of thioether (sulfide) groups is 1. The zero-order valence-electron chi connectivity index (χ0n) is 13.1. The molecule has 1 aromatic carbocycles. The van der Waals surface area contributed by atoms with Gasteiger partial charge in [0.15, 0.2) is 8.68 Å². The first-order valence-corrected chi connectivity index (χ1v) is 9.63. The Balaban J connectivity index is 2.05. The number of nitrogens with zero attached hydrogens (tertiary/aromatic N) is 2. The van der Waals surface area contributed by atoms with E-state index in [2.05, 4.69) is 61.4 Å². The van der Waals surface area contributed by atoms with E-state index in [9.17, 15) is 0 Å². The smallest absolute Gasteiger partial charge is 0.179 e. The van der Waals surface area contributed by atoms with Gasteiger partial charge in [0.2, 0.25) is 0 Å². The monoisotopic (exact) mass is 339 g/mol. The molecule has 2 aromatic rings. The Morgan fingerprint density at radius 3 is 2.48 bits per heavy atom. The van der Waals surface area contributed by atoms with Crippen LogP contribution in [0.5, 0.6) is 0 Å². The highest BCUT2D eigenvalue weighted by atomic mass is 32.2. The van der Waals surface area contributed by atoms with Gasteiger partial charge in [0.1, 0.15) is 0 Å². The second kappa shape index (κ2) is 7.13. The van der Waals surface area contributed by atoms with Crippen molar-refractivity contribution in [2.75, 3.05) is 6.26 Å². The fourth-order valence-corrected chi connectivity index (χ4v) is 4.18. The molecule has 114 valence electrons. The van der Waals surface area contributed by atoms with E-state index < -0.39 is 0 Å². The largest absolute Gasteiger partial charge is 0.308 e. The molecular weight excluding hydrogens is 318 g/mol.